The molecule has 1 atom stereocenters. The summed E-state index contributed by atoms with van der Waals surface area (Å²) in [5.74, 6) is 2.29. The fraction of sp³-hybridized carbons (Fsp3) is 0.467. The Hall–Kier alpha value is -3.48. The van der Waals surface area contributed by atoms with Gasteiger partial charge in [-0.05, 0) is 80.3 Å². The average molecular weight is 507 g/mol. The third-order valence-electron chi connectivity index (χ3n) is 7.59. The number of ether oxygens (including phenoxy) is 3. The Morgan fingerprint density at radius 2 is 1.59 bits per heavy atom. The molecular formula is C30H38N2O5. The molecule has 0 saturated carbocycles. The number of likely N-dealkylation sites (tertiary alicyclic amines) is 1. The van der Waals surface area contributed by atoms with Gasteiger partial charge in [0.25, 0.3) is 0 Å². The van der Waals surface area contributed by atoms with Gasteiger partial charge in [0.1, 0.15) is 0 Å². The van der Waals surface area contributed by atoms with Gasteiger partial charge in [-0.1, -0.05) is 23.8 Å². The first-order valence-corrected chi connectivity index (χ1v) is 13.0. The lowest BCUT2D eigenvalue weighted by Gasteiger charge is -2.32. The second-order valence-electron chi connectivity index (χ2n) is 10.00. The first kappa shape index (κ1) is 26.6. The van der Waals surface area contributed by atoms with E-state index in [1.54, 1.807) is 21.3 Å². The first-order valence-electron chi connectivity index (χ1n) is 13.0. The summed E-state index contributed by atoms with van der Waals surface area (Å²) in [6.07, 6.45) is 7.04. The molecule has 1 heterocycles. The molecule has 1 aliphatic carbocycles. The summed E-state index contributed by atoms with van der Waals surface area (Å²) in [7, 11) is 4.71. The molecule has 198 valence electrons. The highest BCUT2D eigenvalue weighted by atomic mass is 16.5. The largest absolute Gasteiger partial charge is 0.493 e. The van der Waals surface area contributed by atoms with E-state index in [0.717, 1.165) is 56.4 Å². The number of nitrogens with zero attached hydrogens (tertiary/aromatic N) is 1. The minimum Gasteiger partial charge on any atom is -0.493 e. The van der Waals surface area contributed by atoms with Crippen LogP contribution in [0.25, 0.3) is 0 Å². The molecule has 0 spiro atoms. The summed E-state index contributed by atoms with van der Waals surface area (Å²) >= 11 is 0. The highest BCUT2D eigenvalue weighted by Gasteiger charge is 2.25. The first-order chi connectivity index (χ1) is 17.9. The molecule has 2 amide bonds. The van der Waals surface area contributed by atoms with E-state index < -0.39 is 0 Å². The summed E-state index contributed by atoms with van der Waals surface area (Å²) < 4.78 is 16.2. The van der Waals surface area contributed by atoms with Crippen LogP contribution in [0.4, 0.5) is 5.69 Å². The number of hydrogen-bond donors (Lipinski definition) is 1. The van der Waals surface area contributed by atoms with E-state index in [0.29, 0.717) is 23.2 Å². The summed E-state index contributed by atoms with van der Waals surface area (Å²) in [4.78, 5) is 27.6. The lowest BCUT2D eigenvalue weighted by atomic mass is 9.88. The van der Waals surface area contributed by atoms with E-state index >= 15 is 0 Å². The van der Waals surface area contributed by atoms with Gasteiger partial charge in [0.05, 0.1) is 27.8 Å². The maximum Gasteiger partial charge on any atom is 0.227 e. The number of anilines is 1. The SMILES string of the molecule is COc1cc(CC(=O)N2CCC(c3ccc(NC(=O)C4CC=C(C)CC4)cc3)CC2)cc(OC)c1OC. The van der Waals surface area contributed by atoms with Crippen LogP contribution in [0.2, 0.25) is 0 Å². The minimum absolute atomic E-state index is 0.0605. The number of benzene rings is 2. The Labute approximate surface area is 219 Å². The van der Waals surface area contributed by atoms with Crippen molar-refractivity contribution >= 4 is 17.5 Å². The molecule has 0 aromatic heterocycles. The van der Waals surface area contributed by atoms with Gasteiger partial charge < -0.3 is 24.4 Å². The Morgan fingerprint density at radius 3 is 2.14 bits per heavy atom. The Balaban J connectivity index is 1.29. The normalized spacial score (nSPS) is 18.1. The van der Waals surface area contributed by atoms with E-state index in [9.17, 15) is 9.59 Å². The lowest BCUT2D eigenvalue weighted by Crippen LogP contribution is -2.38. The standard InChI is InChI=1S/C30H38N2O5/c1-20-5-7-24(8-6-20)30(34)31-25-11-9-22(10-12-25)23-13-15-32(16-14-23)28(33)19-21-17-26(35-2)29(37-4)27(18-21)36-3/h5,9-12,17-18,23-24H,6-8,13-16,19H2,1-4H3,(H,31,34). The maximum absolute atomic E-state index is 13.0. The fourth-order valence-electron chi connectivity index (χ4n) is 5.27. The van der Waals surface area contributed by atoms with E-state index in [2.05, 4.69) is 30.4 Å². The second-order valence-corrected chi connectivity index (χ2v) is 10.00. The molecule has 4 rings (SSSR count). The topological polar surface area (TPSA) is 77.1 Å². The third-order valence-corrected chi connectivity index (χ3v) is 7.59. The molecule has 0 bridgehead atoms. The van der Waals surface area contributed by atoms with Crippen molar-refractivity contribution in [1.29, 1.82) is 0 Å². The smallest absolute Gasteiger partial charge is 0.227 e. The van der Waals surface area contributed by atoms with Gasteiger partial charge in [-0.25, -0.2) is 0 Å². The molecule has 2 aromatic rings. The number of hydrogen-bond acceptors (Lipinski definition) is 5. The van der Waals surface area contributed by atoms with Crippen LogP contribution in [0.5, 0.6) is 17.2 Å². The minimum atomic E-state index is 0.0605. The van der Waals surface area contributed by atoms with E-state index in [1.807, 2.05) is 29.2 Å². The van der Waals surface area contributed by atoms with Crippen molar-refractivity contribution < 1.29 is 23.8 Å². The van der Waals surface area contributed by atoms with E-state index in [4.69, 9.17) is 14.2 Å². The summed E-state index contributed by atoms with van der Waals surface area (Å²) in [6.45, 7) is 3.57. The highest BCUT2D eigenvalue weighted by Crippen LogP contribution is 2.38. The molecule has 0 radical (unpaired) electrons. The van der Waals surface area contributed by atoms with Gasteiger partial charge in [-0.3, -0.25) is 9.59 Å². The summed E-state index contributed by atoms with van der Waals surface area (Å²) in [5.41, 5.74) is 4.31. The summed E-state index contributed by atoms with van der Waals surface area (Å²) in [6, 6.07) is 11.9. The molecule has 2 aliphatic rings. The van der Waals surface area contributed by atoms with E-state index in [-0.39, 0.29) is 24.2 Å². The second kappa shape index (κ2) is 12.2. The Bertz CT molecular complexity index is 1110. The quantitative estimate of drug-likeness (QED) is 0.489. The van der Waals surface area contributed by atoms with Gasteiger partial charge in [0.15, 0.2) is 11.5 Å². The van der Waals surface area contributed by atoms with Crippen molar-refractivity contribution in [2.45, 2.75) is 51.4 Å². The number of nitrogens with one attached hydrogen (secondary N) is 1. The molecular weight excluding hydrogens is 468 g/mol. The zero-order chi connectivity index (χ0) is 26.4. The number of rotatable bonds is 8. The molecule has 37 heavy (non-hydrogen) atoms. The Morgan fingerprint density at radius 1 is 0.946 bits per heavy atom. The van der Waals surface area contributed by atoms with Crippen molar-refractivity contribution in [2.24, 2.45) is 5.92 Å². The van der Waals surface area contributed by atoms with Crippen molar-refractivity contribution in [1.82, 2.24) is 4.90 Å². The van der Waals surface area contributed by atoms with Gasteiger partial charge in [-0.15, -0.1) is 0 Å². The van der Waals surface area contributed by atoms with Crippen molar-refractivity contribution in [3.8, 4) is 17.2 Å². The predicted octanol–water partition coefficient (Wildman–Crippen LogP) is 5.35. The molecule has 7 heteroatoms. The number of amides is 2. The average Bonchev–Trinajstić information content (AvgIpc) is 2.93. The van der Waals surface area contributed by atoms with Crippen molar-refractivity contribution in [3.63, 3.8) is 0 Å². The molecule has 1 aliphatic heterocycles. The number of carbonyl (C=O) groups excluding carboxylic acids is 2. The molecule has 1 fully saturated rings. The van der Waals surface area contributed by atoms with Gasteiger partial charge >= 0.3 is 0 Å². The third kappa shape index (κ3) is 6.45. The summed E-state index contributed by atoms with van der Waals surface area (Å²) in [5, 5.41) is 3.08. The van der Waals surface area contributed by atoms with Crippen LogP contribution in [-0.4, -0.2) is 51.1 Å². The maximum atomic E-state index is 13.0. The predicted molar refractivity (Wildman–Crippen MR) is 145 cm³/mol. The highest BCUT2D eigenvalue weighted by molar-refractivity contribution is 5.92. The van der Waals surface area contributed by atoms with Crippen LogP contribution >= 0.6 is 0 Å². The molecule has 7 nitrogen and oxygen atoms in total. The van der Waals surface area contributed by atoms with Crippen molar-refractivity contribution in [3.05, 3.63) is 59.2 Å². The molecule has 2 aromatic carbocycles. The van der Waals surface area contributed by atoms with Crippen LogP contribution in [0.3, 0.4) is 0 Å². The van der Waals surface area contributed by atoms with Crippen LogP contribution in [0.1, 0.15) is 56.1 Å². The van der Waals surface area contributed by atoms with Crippen LogP contribution in [0, 0.1) is 5.92 Å². The zero-order valence-electron chi connectivity index (χ0n) is 22.3. The Kier molecular flexibility index (Phi) is 8.74. The van der Waals surface area contributed by atoms with Gasteiger partial charge in [-0.2, -0.15) is 0 Å². The van der Waals surface area contributed by atoms with Gasteiger partial charge in [0, 0.05) is 24.7 Å². The van der Waals surface area contributed by atoms with Crippen LogP contribution in [0.15, 0.2) is 48.0 Å². The molecule has 1 unspecified atom stereocenters. The molecule has 1 N–H and O–H groups in total. The van der Waals surface area contributed by atoms with Crippen LogP contribution < -0.4 is 19.5 Å². The van der Waals surface area contributed by atoms with Gasteiger partial charge in [0.2, 0.25) is 17.6 Å². The lowest BCUT2D eigenvalue weighted by molar-refractivity contribution is -0.131. The van der Waals surface area contributed by atoms with Crippen molar-refractivity contribution in [2.75, 3.05) is 39.7 Å². The number of piperidine rings is 1. The van der Waals surface area contributed by atoms with E-state index in [1.165, 1.54) is 11.1 Å². The van der Waals surface area contributed by atoms with Crippen LogP contribution in [-0.2, 0) is 16.0 Å². The number of methoxy groups -OCH3 is 3. The fourth-order valence-corrected chi connectivity index (χ4v) is 5.27. The zero-order valence-corrected chi connectivity index (χ0v) is 22.3. The monoisotopic (exact) mass is 506 g/mol. The number of carbonyl (C=O) groups is 2. The molecule has 1 saturated heterocycles. The number of allylic oxidation sites excluding steroid dienone is 2.